The Morgan fingerprint density at radius 3 is 2.39 bits per heavy atom. The van der Waals surface area contributed by atoms with Gasteiger partial charge in [0.2, 0.25) is 0 Å². The number of para-hydroxylation sites is 1. The summed E-state index contributed by atoms with van der Waals surface area (Å²) in [6.07, 6.45) is 5.64. The number of hydrogen-bond donors (Lipinski definition) is 1. The maximum absolute atomic E-state index is 13.5. The first kappa shape index (κ1) is 29.2. The number of rotatable bonds is 13. The summed E-state index contributed by atoms with van der Waals surface area (Å²) in [5, 5.41) is 9.34. The summed E-state index contributed by atoms with van der Waals surface area (Å²) < 4.78 is 46.7. The quantitative estimate of drug-likeness (QED) is 0.257. The molecule has 2 aromatic rings. The van der Waals surface area contributed by atoms with E-state index in [1.165, 1.54) is 49.6 Å². The standard InChI is InChI=1S/C30H41F3N2O2S/c1-2-3-4-5-8-14-29(37-22-21-36)15-19-34(20-16-29)17-9-18-35-25-10-6-7-11-27(25)38-28-13-12-24(23-26(28)35)30(31,32)33/h6-7,10-13,23,36H,2-5,8-9,14-22H2,1H3. The number of aliphatic hydroxyl groups excluding tert-OH is 1. The number of halogens is 3. The summed E-state index contributed by atoms with van der Waals surface area (Å²) in [4.78, 5) is 6.45. The van der Waals surface area contributed by atoms with E-state index in [1.54, 1.807) is 6.07 Å². The van der Waals surface area contributed by atoms with E-state index in [1.807, 2.05) is 24.3 Å². The van der Waals surface area contributed by atoms with E-state index >= 15 is 0 Å². The third kappa shape index (κ3) is 7.46. The number of anilines is 2. The molecule has 0 bridgehead atoms. The highest BCUT2D eigenvalue weighted by molar-refractivity contribution is 7.99. The molecule has 2 heterocycles. The molecular formula is C30H41F3N2O2S. The molecule has 0 saturated carbocycles. The van der Waals surface area contributed by atoms with Crippen molar-refractivity contribution in [1.29, 1.82) is 0 Å². The number of nitrogens with zero attached hydrogens (tertiary/aromatic N) is 2. The molecule has 210 valence electrons. The molecule has 0 atom stereocenters. The SMILES string of the molecule is CCCCCCCC1(OCCO)CCN(CCCN2c3ccccc3Sc3ccc(C(F)(F)F)cc32)CC1. The summed E-state index contributed by atoms with van der Waals surface area (Å²) in [5.74, 6) is 0. The molecule has 38 heavy (non-hydrogen) atoms. The van der Waals surface area contributed by atoms with Crippen molar-refractivity contribution in [2.45, 2.75) is 86.3 Å². The van der Waals surface area contributed by atoms with Gasteiger partial charge >= 0.3 is 6.18 Å². The average molecular weight is 551 g/mol. The van der Waals surface area contributed by atoms with Gasteiger partial charge < -0.3 is 19.6 Å². The lowest BCUT2D eigenvalue weighted by Gasteiger charge is -2.42. The molecule has 4 nitrogen and oxygen atoms in total. The molecule has 0 unspecified atom stereocenters. The normalized spacial score (nSPS) is 17.3. The van der Waals surface area contributed by atoms with Gasteiger partial charge in [0.1, 0.15) is 0 Å². The predicted molar refractivity (Wildman–Crippen MR) is 148 cm³/mol. The Balaban J connectivity index is 1.36. The second-order valence-electron chi connectivity index (χ2n) is 10.5. The molecule has 0 amide bonds. The van der Waals surface area contributed by atoms with Crippen LogP contribution in [-0.4, -0.2) is 55.0 Å². The van der Waals surface area contributed by atoms with Crippen LogP contribution in [0.2, 0.25) is 0 Å². The van der Waals surface area contributed by atoms with Gasteiger partial charge in [-0.25, -0.2) is 0 Å². The maximum Gasteiger partial charge on any atom is 0.416 e. The van der Waals surface area contributed by atoms with E-state index in [9.17, 15) is 18.3 Å². The number of ether oxygens (including phenoxy) is 1. The molecule has 1 saturated heterocycles. The lowest BCUT2D eigenvalue weighted by atomic mass is 9.85. The fourth-order valence-electron chi connectivity index (χ4n) is 5.66. The Bertz CT molecular complexity index is 1020. The number of hydrogen-bond acceptors (Lipinski definition) is 5. The summed E-state index contributed by atoms with van der Waals surface area (Å²) in [6.45, 7) is 6.11. The number of alkyl halides is 3. The number of unbranched alkanes of at least 4 members (excludes halogenated alkanes) is 4. The fraction of sp³-hybridized carbons (Fsp3) is 0.600. The van der Waals surface area contributed by atoms with Crippen molar-refractivity contribution in [3.63, 3.8) is 0 Å². The number of benzene rings is 2. The zero-order valence-corrected chi connectivity index (χ0v) is 23.3. The highest BCUT2D eigenvalue weighted by Crippen LogP contribution is 2.49. The Morgan fingerprint density at radius 1 is 0.921 bits per heavy atom. The lowest BCUT2D eigenvalue weighted by Crippen LogP contribution is -2.47. The van der Waals surface area contributed by atoms with Gasteiger partial charge in [0.15, 0.2) is 0 Å². The van der Waals surface area contributed by atoms with Gasteiger partial charge in [-0.1, -0.05) is 62.9 Å². The molecule has 2 aliphatic heterocycles. The van der Waals surface area contributed by atoms with Crippen LogP contribution in [0.1, 0.15) is 70.3 Å². The third-order valence-corrected chi connectivity index (χ3v) is 8.94. The zero-order chi connectivity index (χ0) is 27.0. The topological polar surface area (TPSA) is 35.9 Å². The molecular weight excluding hydrogens is 509 g/mol. The largest absolute Gasteiger partial charge is 0.416 e. The van der Waals surface area contributed by atoms with Crippen LogP contribution in [0.3, 0.4) is 0 Å². The van der Waals surface area contributed by atoms with Crippen LogP contribution in [-0.2, 0) is 10.9 Å². The molecule has 0 spiro atoms. The Kier molecular flexibility index (Phi) is 10.4. The van der Waals surface area contributed by atoms with Gasteiger partial charge in [0.05, 0.1) is 35.8 Å². The van der Waals surface area contributed by atoms with E-state index in [2.05, 4.69) is 16.7 Å². The summed E-state index contributed by atoms with van der Waals surface area (Å²) in [7, 11) is 0. The number of likely N-dealkylation sites (tertiary alicyclic amines) is 1. The first-order valence-electron chi connectivity index (χ1n) is 14.1. The first-order valence-corrected chi connectivity index (χ1v) is 14.9. The maximum atomic E-state index is 13.5. The van der Waals surface area contributed by atoms with Gasteiger partial charge in [-0.3, -0.25) is 0 Å². The monoisotopic (exact) mass is 550 g/mol. The van der Waals surface area contributed by atoms with Crippen LogP contribution in [0, 0.1) is 0 Å². The van der Waals surface area contributed by atoms with Crippen molar-refractivity contribution in [2.75, 3.05) is 44.3 Å². The van der Waals surface area contributed by atoms with E-state index in [0.29, 0.717) is 18.8 Å². The van der Waals surface area contributed by atoms with Crippen molar-refractivity contribution >= 4 is 23.1 Å². The van der Waals surface area contributed by atoms with Crippen molar-refractivity contribution in [3.8, 4) is 0 Å². The lowest BCUT2D eigenvalue weighted by molar-refractivity contribution is -0.137. The second-order valence-corrected chi connectivity index (χ2v) is 11.6. The van der Waals surface area contributed by atoms with Gasteiger partial charge in [-0.05, 0) is 62.6 Å². The van der Waals surface area contributed by atoms with E-state index in [4.69, 9.17) is 4.74 Å². The Hall–Kier alpha value is -1.74. The molecule has 8 heteroatoms. The van der Waals surface area contributed by atoms with E-state index in [0.717, 1.165) is 67.2 Å². The summed E-state index contributed by atoms with van der Waals surface area (Å²) >= 11 is 1.53. The van der Waals surface area contributed by atoms with Crippen molar-refractivity contribution in [3.05, 3.63) is 48.0 Å². The first-order chi connectivity index (χ1) is 18.3. The molecule has 2 aromatic carbocycles. The van der Waals surface area contributed by atoms with Crippen LogP contribution in [0.15, 0.2) is 52.3 Å². The van der Waals surface area contributed by atoms with Crippen LogP contribution < -0.4 is 4.90 Å². The minimum atomic E-state index is -4.36. The molecule has 0 aromatic heterocycles. The van der Waals surface area contributed by atoms with Crippen molar-refractivity contribution < 1.29 is 23.0 Å². The molecule has 0 radical (unpaired) electrons. The minimum Gasteiger partial charge on any atom is -0.394 e. The highest BCUT2D eigenvalue weighted by Gasteiger charge is 2.35. The van der Waals surface area contributed by atoms with Gasteiger partial charge in [0.25, 0.3) is 0 Å². The fourth-order valence-corrected chi connectivity index (χ4v) is 6.74. The van der Waals surface area contributed by atoms with E-state index < -0.39 is 11.7 Å². The Labute approximate surface area is 229 Å². The van der Waals surface area contributed by atoms with Crippen molar-refractivity contribution in [2.24, 2.45) is 0 Å². The summed E-state index contributed by atoms with van der Waals surface area (Å²) in [5.41, 5.74) is 0.872. The van der Waals surface area contributed by atoms with Gasteiger partial charge in [-0.2, -0.15) is 13.2 Å². The molecule has 4 rings (SSSR count). The molecule has 0 aliphatic carbocycles. The minimum absolute atomic E-state index is 0.0500. The number of aliphatic hydroxyl groups is 1. The zero-order valence-electron chi connectivity index (χ0n) is 22.4. The summed E-state index contributed by atoms with van der Waals surface area (Å²) in [6, 6.07) is 12.0. The van der Waals surface area contributed by atoms with Crippen LogP contribution in [0.4, 0.5) is 24.5 Å². The van der Waals surface area contributed by atoms with Crippen molar-refractivity contribution in [1.82, 2.24) is 4.90 Å². The average Bonchev–Trinajstić information content (AvgIpc) is 2.91. The Morgan fingerprint density at radius 2 is 1.66 bits per heavy atom. The molecule has 1 fully saturated rings. The highest BCUT2D eigenvalue weighted by atomic mass is 32.2. The van der Waals surface area contributed by atoms with E-state index in [-0.39, 0.29) is 12.2 Å². The van der Waals surface area contributed by atoms with Gasteiger partial charge in [0, 0.05) is 29.4 Å². The van der Waals surface area contributed by atoms with Crippen LogP contribution in [0.5, 0.6) is 0 Å². The predicted octanol–water partition coefficient (Wildman–Crippen LogP) is 7.90. The van der Waals surface area contributed by atoms with Crippen LogP contribution in [0.25, 0.3) is 0 Å². The third-order valence-electron chi connectivity index (χ3n) is 7.81. The molecule has 2 aliphatic rings. The second kappa shape index (κ2) is 13.6. The van der Waals surface area contributed by atoms with Gasteiger partial charge in [-0.15, -0.1) is 0 Å². The molecule has 1 N–H and O–H groups in total. The number of fused-ring (bicyclic) bond motifs is 2. The number of piperidine rings is 1. The van der Waals surface area contributed by atoms with Crippen LogP contribution >= 0.6 is 11.8 Å². The smallest absolute Gasteiger partial charge is 0.394 e.